The van der Waals surface area contributed by atoms with E-state index in [-0.39, 0.29) is 11.4 Å². The minimum absolute atomic E-state index is 0.157. The van der Waals surface area contributed by atoms with E-state index in [4.69, 9.17) is 0 Å². The van der Waals surface area contributed by atoms with Crippen molar-refractivity contribution in [2.75, 3.05) is 0 Å². The molecule has 0 saturated heterocycles. The Hall–Kier alpha value is -2.04. The number of halogens is 3. The largest absolute Gasteiger partial charge is 0.311 e. The first-order valence-corrected chi connectivity index (χ1v) is 4.41. The van der Waals surface area contributed by atoms with Gasteiger partial charge in [0.25, 0.3) is 0 Å². The number of rotatable bonds is 2. The average Bonchev–Trinajstić information content (AvgIpc) is 2.74. The molecular formula is C11H6F3NO. The number of nitrogens with zero attached hydrogens (tertiary/aromatic N) is 1. The monoisotopic (exact) mass is 225 g/mol. The van der Waals surface area contributed by atoms with Crippen molar-refractivity contribution in [1.29, 1.82) is 0 Å². The van der Waals surface area contributed by atoms with Gasteiger partial charge in [0, 0.05) is 6.20 Å². The van der Waals surface area contributed by atoms with E-state index in [2.05, 4.69) is 0 Å². The van der Waals surface area contributed by atoms with Crippen LogP contribution in [0.3, 0.4) is 0 Å². The molecule has 0 amide bonds. The summed E-state index contributed by atoms with van der Waals surface area (Å²) in [5, 5.41) is 0. The number of benzene rings is 1. The second kappa shape index (κ2) is 3.84. The quantitative estimate of drug-likeness (QED) is 0.569. The molecule has 0 aliphatic rings. The zero-order valence-corrected chi connectivity index (χ0v) is 7.95. The molecule has 1 heterocycles. The summed E-state index contributed by atoms with van der Waals surface area (Å²) >= 11 is 0. The molecule has 0 bridgehead atoms. The van der Waals surface area contributed by atoms with Gasteiger partial charge in [-0.2, -0.15) is 0 Å². The molecule has 5 heteroatoms. The second-order valence-corrected chi connectivity index (χ2v) is 3.12. The van der Waals surface area contributed by atoms with Crippen LogP contribution in [-0.2, 0) is 0 Å². The fraction of sp³-hybridized carbons (Fsp3) is 0. The summed E-state index contributed by atoms with van der Waals surface area (Å²) in [4.78, 5) is 10.6. The highest BCUT2D eigenvalue weighted by atomic mass is 19.2. The van der Waals surface area contributed by atoms with Crippen molar-refractivity contribution >= 4 is 6.29 Å². The zero-order valence-electron chi connectivity index (χ0n) is 7.95. The number of hydrogen-bond donors (Lipinski definition) is 0. The fourth-order valence-electron chi connectivity index (χ4n) is 1.41. The van der Waals surface area contributed by atoms with Crippen LogP contribution in [0.25, 0.3) is 5.69 Å². The molecule has 0 unspecified atom stereocenters. The Kier molecular flexibility index (Phi) is 2.52. The van der Waals surface area contributed by atoms with Crippen LogP contribution in [0.1, 0.15) is 10.5 Å². The van der Waals surface area contributed by atoms with E-state index in [9.17, 15) is 18.0 Å². The number of carbonyl (C=O) groups is 1. The maximum absolute atomic E-state index is 13.4. The van der Waals surface area contributed by atoms with Crippen molar-refractivity contribution in [1.82, 2.24) is 4.57 Å². The summed E-state index contributed by atoms with van der Waals surface area (Å²) < 4.78 is 40.2. The molecule has 0 atom stereocenters. The van der Waals surface area contributed by atoms with Crippen molar-refractivity contribution < 1.29 is 18.0 Å². The standard InChI is InChI=1S/C11H6F3NO/c12-8-3-4-9(11(14)10(8)13)15-5-1-2-7(15)6-16/h1-6H. The van der Waals surface area contributed by atoms with E-state index >= 15 is 0 Å². The van der Waals surface area contributed by atoms with Crippen LogP contribution < -0.4 is 0 Å². The van der Waals surface area contributed by atoms with Gasteiger partial charge in [0.2, 0.25) is 0 Å². The molecule has 2 aromatic rings. The smallest absolute Gasteiger partial charge is 0.196 e. The van der Waals surface area contributed by atoms with Gasteiger partial charge < -0.3 is 4.57 Å². The SMILES string of the molecule is O=Cc1cccn1-c1ccc(F)c(F)c1F. The van der Waals surface area contributed by atoms with Crippen LogP contribution in [0.2, 0.25) is 0 Å². The van der Waals surface area contributed by atoms with Crippen LogP contribution in [0.4, 0.5) is 13.2 Å². The lowest BCUT2D eigenvalue weighted by Crippen LogP contribution is -2.03. The molecule has 82 valence electrons. The third kappa shape index (κ3) is 1.50. The van der Waals surface area contributed by atoms with Crippen LogP contribution in [0.5, 0.6) is 0 Å². The molecule has 1 aromatic carbocycles. The van der Waals surface area contributed by atoms with Crippen molar-refractivity contribution in [3.63, 3.8) is 0 Å². The van der Waals surface area contributed by atoms with E-state index in [1.54, 1.807) is 0 Å². The zero-order chi connectivity index (χ0) is 11.7. The lowest BCUT2D eigenvalue weighted by molar-refractivity contribution is 0.111. The maximum Gasteiger partial charge on any atom is 0.196 e. The second-order valence-electron chi connectivity index (χ2n) is 3.12. The summed E-state index contributed by atoms with van der Waals surface area (Å²) in [5.41, 5.74) is -0.0455. The van der Waals surface area contributed by atoms with E-state index < -0.39 is 17.5 Å². The number of aldehydes is 1. The number of carbonyl (C=O) groups excluding carboxylic acids is 1. The third-order valence-electron chi connectivity index (χ3n) is 2.18. The van der Waals surface area contributed by atoms with Gasteiger partial charge in [0.1, 0.15) is 0 Å². The molecule has 2 nitrogen and oxygen atoms in total. The Bertz CT molecular complexity index is 548. The van der Waals surface area contributed by atoms with Gasteiger partial charge in [-0.25, -0.2) is 13.2 Å². The number of hydrogen-bond acceptors (Lipinski definition) is 1. The lowest BCUT2D eigenvalue weighted by Gasteiger charge is -2.07. The predicted octanol–water partition coefficient (Wildman–Crippen LogP) is 2.71. The molecule has 0 radical (unpaired) electrons. The first-order valence-electron chi connectivity index (χ1n) is 4.41. The molecule has 1 aromatic heterocycles. The Labute approximate surface area is 88.9 Å². The van der Waals surface area contributed by atoms with E-state index in [0.29, 0.717) is 6.29 Å². The molecule has 0 fully saturated rings. The average molecular weight is 225 g/mol. The number of aromatic nitrogens is 1. The van der Waals surface area contributed by atoms with Gasteiger partial charge in [-0.1, -0.05) is 0 Å². The predicted molar refractivity (Wildman–Crippen MR) is 51.0 cm³/mol. The maximum atomic E-state index is 13.4. The highest BCUT2D eigenvalue weighted by Gasteiger charge is 2.15. The first-order chi connectivity index (χ1) is 7.65. The van der Waals surface area contributed by atoms with Crippen LogP contribution in [-0.4, -0.2) is 10.9 Å². The van der Waals surface area contributed by atoms with Crippen molar-refractivity contribution in [2.45, 2.75) is 0 Å². The minimum atomic E-state index is -1.55. The molecule has 16 heavy (non-hydrogen) atoms. The highest BCUT2D eigenvalue weighted by molar-refractivity contribution is 5.73. The Balaban J connectivity index is 2.65. The van der Waals surface area contributed by atoms with Gasteiger partial charge in [0.05, 0.1) is 11.4 Å². The summed E-state index contributed by atoms with van der Waals surface area (Å²) in [5.74, 6) is -4.14. The van der Waals surface area contributed by atoms with Gasteiger partial charge in [-0.15, -0.1) is 0 Å². The van der Waals surface area contributed by atoms with Crippen molar-refractivity contribution in [3.8, 4) is 5.69 Å². The normalized spacial score (nSPS) is 10.4. The van der Waals surface area contributed by atoms with E-state index in [1.807, 2.05) is 0 Å². The van der Waals surface area contributed by atoms with Crippen molar-refractivity contribution in [2.24, 2.45) is 0 Å². The van der Waals surface area contributed by atoms with Crippen molar-refractivity contribution in [3.05, 3.63) is 53.6 Å². The summed E-state index contributed by atoms with van der Waals surface area (Å²) in [7, 11) is 0. The first kappa shape index (κ1) is 10.5. The molecule has 0 spiro atoms. The van der Waals surface area contributed by atoms with Crippen LogP contribution >= 0.6 is 0 Å². The molecule has 0 saturated carbocycles. The summed E-state index contributed by atoms with van der Waals surface area (Å²) in [6, 6.07) is 4.82. The molecule has 0 N–H and O–H groups in total. The molecule has 2 rings (SSSR count). The van der Waals surface area contributed by atoms with Crippen LogP contribution in [0.15, 0.2) is 30.5 Å². The molecule has 0 aliphatic carbocycles. The topological polar surface area (TPSA) is 22.0 Å². The fourth-order valence-corrected chi connectivity index (χ4v) is 1.41. The van der Waals surface area contributed by atoms with Crippen LogP contribution in [0, 0.1) is 17.5 Å². The summed E-state index contributed by atoms with van der Waals surface area (Å²) in [6.07, 6.45) is 1.89. The van der Waals surface area contributed by atoms with Gasteiger partial charge in [-0.3, -0.25) is 4.79 Å². The van der Waals surface area contributed by atoms with E-state index in [1.165, 1.54) is 18.3 Å². The Morgan fingerprint density at radius 2 is 1.81 bits per heavy atom. The minimum Gasteiger partial charge on any atom is -0.311 e. The van der Waals surface area contributed by atoms with E-state index in [0.717, 1.165) is 16.7 Å². The molecule has 0 aliphatic heterocycles. The highest BCUT2D eigenvalue weighted by Crippen LogP contribution is 2.20. The van der Waals surface area contributed by atoms with Gasteiger partial charge in [0.15, 0.2) is 23.7 Å². The molecular weight excluding hydrogens is 219 g/mol. The van der Waals surface area contributed by atoms with Gasteiger partial charge in [-0.05, 0) is 24.3 Å². The van der Waals surface area contributed by atoms with Gasteiger partial charge >= 0.3 is 0 Å². The summed E-state index contributed by atoms with van der Waals surface area (Å²) in [6.45, 7) is 0. The lowest BCUT2D eigenvalue weighted by atomic mass is 10.2. The Morgan fingerprint density at radius 1 is 1.06 bits per heavy atom. The Morgan fingerprint density at radius 3 is 2.50 bits per heavy atom. The third-order valence-corrected chi connectivity index (χ3v) is 2.18.